The average Bonchev–Trinajstić information content (AvgIpc) is 2.31. The third-order valence-corrected chi connectivity index (χ3v) is 3.51. The summed E-state index contributed by atoms with van der Waals surface area (Å²) in [6.45, 7) is 2.23. The Kier molecular flexibility index (Phi) is 7.00. The number of nitrogens with one attached hydrogen (secondary N) is 1. The molecule has 2 nitrogen and oxygen atoms in total. The van der Waals surface area contributed by atoms with Crippen molar-refractivity contribution >= 4 is 22.6 Å². The number of rotatable bonds is 7. The Balaban J connectivity index is 2.40. The molecular weight excluding hydrogens is 311 g/mol. The second-order valence-electron chi connectivity index (χ2n) is 4.19. The van der Waals surface area contributed by atoms with Crippen LogP contribution in [0.5, 0.6) is 0 Å². The van der Waals surface area contributed by atoms with Gasteiger partial charge in [-0.05, 0) is 53.1 Å². The molecule has 0 aliphatic carbocycles. The summed E-state index contributed by atoms with van der Waals surface area (Å²) in [6, 6.07) is 9.08. The molecule has 16 heavy (non-hydrogen) atoms. The van der Waals surface area contributed by atoms with Crippen LogP contribution in [0.3, 0.4) is 0 Å². The Labute approximate surface area is 112 Å². The molecule has 1 rings (SSSR count). The normalized spacial score (nSPS) is 12.7. The standard InChI is InChI=1S/C13H21IN2/c1-2-3-4-5-13(16-15)10-11-6-8-12(14)9-7-11/h6-9,13,16H,2-5,10,15H2,1H3. The van der Waals surface area contributed by atoms with Crippen molar-refractivity contribution in [2.45, 2.75) is 45.1 Å². The second kappa shape index (κ2) is 8.03. The Morgan fingerprint density at radius 3 is 2.50 bits per heavy atom. The predicted molar refractivity (Wildman–Crippen MR) is 78.1 cm³/mol. The maximum atomic E-state index is 5.58. The molecule has 0 aliphatic rings. The van der Waals surface area contributed by atoms with Gasteiger partial charge in [0.1, 0.15) is 0 Å². The zero-order valence-electron chi connectivity index (χ0n) is 9.88. The number of halogens is 1. The molecule has 0 spiro atoms. The SMILES string of the molecule is CCCCCC(Cc1ccc(I)cc1)NN. The first-order valence-corrected chi connectivity index (χ1v) is 7.04. The van der Waals surface area contributed by atoms with Crippen LogP contribution in [0, 0.1) is 3.57 Å². The molecule has 1 unspecified atom stereocenters. The van der Waals surface area contributed by atoms with Gasteiger partial charge >= 0.3 is 0 Å². The number of unbranched alkanes of at least 4 members (excludes halogenated alkanes) is 2. The lowest BCUT2D eigenvalue weighted by Gasteiger charge is -2.15. The van der Waals surface area contributed by atoms with E-state index in [9.17, 15) is 0 Å². The van der Waals surface area contributed by atoms with Crippen LogP contribution in [0.15, 0.2) is 24.3 Å². The third kappa shape index (κ3) is 5.27. The van der Waals surface area contributed by atoms with Gasteiger partial charge in [0.25, 0.3) is 0 Å². The largest absolute Gasteiger partial charge is 0.271 e. The van der Waals surface area contributed by atoms with Crippen molar-refractivity contribution < 1.29 is 0 Å². The van der Waals surface area contributed by atoms with E-state index in [1.165, 1.54) is 28.4 Å². The van der Waals surface area contributed by atoms with Gasteiger partial charge in [-0.1, -0.05) is 38.3 Å². The summed E-state index contributed by atoms with van der Waals surface area (Å²) < 4.78 is 1.28. The van der Waals surface area contributed by atoms with Gasteiger partial charge in [-0.2, -0.15) is 0 Å². The van der Waals surface area contributed by atoms with Gasteiger partial charge < -0.3 is 0 Å². The molecule has 3 N–H and O–H groups in total. The summed E-state index contributed by atoms with van der Waals surface area (Å²) in [5, 5.41) is 0. The minimum absolute atomic E-state index is 0.409. The molecule has 0 heterocycles. The third-order valence-electron chi connectivity index (χ3n) is 2.79. The topological polar surface area (TPSA) is 38.0 Å². The first kappa shape index (κ1) is 13.9. The summed E-state index contributed by atoms with van der Waals surface area (Å²) in [4.78, 5) is 0. The summed E-state index contributed by atoms with van der Waals surface area (Å²) >= 11 is 2.33. The van der Waals surface area contributed by atoms with E-state index in [4.69, 9.17) is 5.84 Å². The second-order valence-corrected chi connectivity index (χ2v) is 5.44. The Morgan fingerprint density at radius 2 is 1.94 bits per heavy atom. The van der Waals surface area contributed by atoms with Crippen molar-refractivity contribution in [1.82, 2.24) is 5.43 Å². The minimum atomic E-state index is 0.409. The lowest BCUT2D eigenvalue weighted by atomic mass is 10.0. The van der Waals surface area contributed by atoms with Crippen molar-refractivity contribution in [3.05, 3.63) is 33.4 Å². The van der Waals surface area contributed by atoms with E-state index in [0.717, 1.165) is 12.8 Å². The molecule has 0 bridgehead atoms. The molecule has 90 valence electrons. The predicted octanol–water partition coefficient (Wildman–Crippen LogP) is 3.25. The molecule has 1 aromatic carbocycles. The average molecular weight is 332 g/mol. The Morgan fingerprint density at radius 1 is 1.25 bits per heavy atom. The number of nitrogens with two attached hydrogens (primary N) is 1. The fourth-order valence-electron chi connectivity index (χ4n) is 1.79. The highest BCUT2D eigenvalue weighted by molar-refractivity contribution is 14.1. The lowest BCUT2D eigenvalue weighted by Crippen LogP contribution is -2.36. The first-order chi connectivity index (χ1) is 7.76. The van der Waals surface area contributed by atoms with Crippen LogP contribution in [0.4, 0.5) is 0 Å². The van der Waals surface area contributed by atoms with Crippen LogP contribution in [-0.2, 0) is 6.42 Å². The van der Waals surface area contributed by atoms with Gasteiger partial charge in [-0.3, -0.25) is 11.3 Å². The maximum absolute atomic E-state index is 5.58. The molecule has 0 radical (unpaired) electrons. The van der Waals surface area contributed by atoms with E-state index in [-0.39, 0.29) is 0 Å². The number of hydrogen-bond donors (Lipinski definition) is 2. The van der Waals surface area contributed by atoms with Gasteiger partial charge in [0.15, 0.2) is 0 Å². The van der Waals surface area contributed by atoms with Gasteiger partial charge in [0.2, 0.25) is 0 Å². The summed E-state index contributed by atoms with van der Waals surface area (Å²) in [7, 11) is 0. The zero-order valence-corrected chi connectivity index (χ0v) is 12.0. The van der Waals surface area contributed by atoms with Gasteiger partial charge in [0.05, 0.1) is 0 Å². The molecule has 0 saturated heterocycles. The molecular formula is C13H21IN2. The highest BCUT2D eigenvalue weighted by Crippen LogP contribution is 2.11. The number of benzene rings is 1. The minimum Gasteiger partial charge on any atom is -0.271 e. The van der Waals surface area contributed by atoms with Crippen LogP contribution in [0.25, 0.3) is 0 Å². The van der Waals surface area contributed by atoms with Gasteiger partial charge in [-0.25, -0.2) is 0 Å². The fourth-order valence-corrected chi connectivity index (χ4v) is 2.15. The summed E-state index contributed by atoms with van der Waals surface area (Å²) in [5.74, 6) is 5.58. The smallest absolute Gasteiger partial charge is 0.0250 e. The van der Waals surface area contributed by atoms with E-state index >= 15 is 0 Å². The fraction of sp³-hybridized carbons (Fsp3) is 0.538. The number of hydrazine groups is 1. The molecule has 0 fully saturated rings. The monoisotopic (exact) mass is 332 g/mol. The molecule has 1 atom stereocenters. The van der Waals surface area contributed by atoms with Crippen molar-refractivity contribution in [3.63, 3.8) is 0 Å². The molecule has 3 heteroatoms. The van der Waals surface area contributed by atoms with Crippen molar-refractivity contribution in [2.24, 2.45) is 5.84 Å². The summed E-state index contributed by atoms with van der Waals surface area (Å²) in [6.07, 6.45) is 6.01. The van der Waals surface area contributed by atoms with E-state index < -0.39 is 0 Å². The van der Waals surface area contributed by atoms with Crippen molar-refractivity contribution in [3.8, 4) is 0 Å². The lowest BCUT2D eigenvalue weighted by molar-refractivity contribution is 0.467. The molecule has 0 saturated carbocycles. The Hall–Kier alpha value is -0.130. The zero-order chi connectivity index (χ0) is 11.8. The highest BCUT2D eigenvalue weighted by Gasteiger charge is 2.06. The van der Waals surface area contributed by atoms with E-state index in [0.29, 0.717) is 6.04 Å². The van der Waals surface area contributed by atoms with E-state index in [2.05, 4.69) is 59.2 Å². The van der Waals surface area contributed by atoms with Crippen LogP contribution < -0.4 is 11.3 Å². The summed E-state index contributed by atoms with van der Waals surface area (Å²) in [5.41, 5.74) is 4.28. The number of hydrogen-bond acceptors (Lipinski definition) is 2. The Bertz CT molecular complexity index is 284. The maximum Gasteiger partial charge on any atom is 0.0250 e. The van der Waals surface area contributed by atoms with Gasteiger partial charge in [0, 0.05) is 9.61 Å². The molecule has 0 amide bonds. The van der Waals surface area contributed by atoms with Crippen LogP contribution >= 0.6 is 22.6 Å². The van der Waals surface area contributed by atoms with Crippen LogP contribution in [0.1, 0.15) is 38.2 Å². The van der Waals surface area contributed by atoms with E-state index in [1.807, 2.05) is 0 Å². The van der Waals surface area contributed by atoms with Crippen LogP contribution in [0.2, 0.25) is 0 Å². The quantitative estimate of drug-likeness (QED) is 0.348. The van der Waals surface area contributed by atoms with Crippen molar-refractivity contribution in [1.29, 1.82) is 0 Å². The van der Waals surface area contributed by atoms with Gasteiger partial charge in [-0.15, -0.1) is 0 Å². The molecule has 0 aliphatic heterocycles. The highest BCUT2D eigenvalue weighted by atomic mass is 127. The first-order valence-electron chi connectivity index (χ1n) is 5.96. The van der Waals surface area contributed by atoms with E-state index in [1.54, 1.807) is 0 Å². The van der Waals surface area contributed by atoms with Crippen molar-refractivity contribution in [2.75, 3.05) is 0 Å². The van der Waals surface area contributed by atoms with Crippen LogP contribution in [-0.4, -0.2) is 6.04 Å². The molecule has 1 aromatic rings. The molecule has 0 aromatic heterocycles.